The molecule has 0 aliphatic carbocycles. The number of hydrogen-bond donors (Lipinski definition) is 0. The second kappa shape index (κ2) is 3.09. The van der Waals surface area contributed by atoms with Gasteiger partial charge in [-0.2, -0.15) is 0 Å². The lowest BCUT2D eigenvalue weighted by molar-refractivity contribution is 0.825. The first-order valence-electron chi connectivity index (χ1n) is 4.33. The van der Waals surface area contributed by atoms with Crippen LogP contribution in [-0.2, 0) is 0 Å². The zero-order valence-electron chi connectivity index (χ0n) is 7.73. The van der Waals surface area contributed by atoms with Gasteiger partial charge in [0.2, 0.25) is 0 Å². The van der Waals surface area contributed by atoms with Crippen molar-refractivity contribution in [3.8, 4) is 0 Å². The average molecular weight is 173 g/mol. The Morgan fingerprint density at radius 2 is 2.00 bits per heavy atom. The summed E-state index contributed by atoms with van der Waals surface area (Å²) in [6, 6.07) is 2.04. The van der Waals surface area contributed by atoms with Gasteiger partial charge in [0.25, 0.3) is 0 Å². The summed E-state index contributed by atoms with van der Waals surface area (Å²) in [5.74, 6) is 0.449. The minimum absolute atomic E-state index is 0.449. The van der Waals surface area contributed by atoms with E-state index in [4.69, 9.17) is 0 Å². The summed E-state index contributed by atoms with van der Waals surface area (Å²) in [6.07, 6.45) is 5.15. The maximum atomic E-state index is 4.32. The fourth-order valence-corrected chi connectivity index (χ4v) is 1.22. The van der Waals surface area contributed by atoms with Crippen molar-refractivity contribution in [2.24, 2.45) is 0 Å². The van der Waals surface area contributed by atoms with Crippen LogP contribution in [0.4, 0.5) is 0 Å². The molecule has 0 aromatic carbocycles. The van der Waals surface area contributed by atoms with E-state index in [-0.39, 0.29) is 0 Å². The fourth-order valence-electron chi connectivity index (χ4n) is 1.22. The number of fused-ring (bicyclic) bond motifs is 1. The van der Waals surface area contributed by atoms with Crippen LogP contribution in [-0.4, -0.2) is 15.0 Å². The summed E-state index contributed by atoms with van der Waals surface area (Å²) < 4.78 is 0. The Balaban J connectivity index is 2.62. The molecule has 0 saturated heterocycles. The van der Waals surface area contributed by atoms with Crippen molar-refractivity contribution in [2.75, 3.05) is 0 Å². The summed E-state index contributed by atoms with van der Waals surface area (Å²) in [6.45, 7) is 4.25. The minimum Gasteiger partial charge on any atom is -0.259 e. The van der Waals surface area contributed by atoms with Crippen LogP contribution in [0.5, 0.6) is 0 Å². The Morgan fingerprint density at radius 1 is 1.15 bits per heavy atom. The molecule has 3 nitrogen and oxygen atoms in total. The van der Waals surface area contributed by atoms with Gasteiger partial charge < -0.3 is 0 Å². The first-order chi connectivity index (χ1) is 6.27. The van der Waals surface area contributed by atoms with E-state index in [0.29, 0.717) is 5.92 Å². The second-order valence-corrected chi connectivity index (χ2v) is 3.35. The molecule has 0 fully saturated rings. The Labute approximate surface area is 76.9 Å². The molecule has 2 aromatic rings. The van der Waals surface area contributed by atoms with E-state index < -0.39 is 0 Å². The van der Waals surface area contributed by atoms with Gasteiger partial charge in [-0.25, -0.2) is 9.97 Å². The lowest BCUT2D eigenvalue weighted by Gasteiger charge is -2.04. The minimum atomic E-state index is 0.449. The fraction of sp³-hybridized carbons (Fsp3) is 0.300. The SMILES string of the molecule is CC(C)c1cc2cncnc2cn1. The predicted molar refractivity (Wildman–Crippen MR) is 51.4 cm³/mol. The van der Waals surface area contributed by atoms with Crippen molar-refractivity contribution >= 4 is 10.9 Å². The van der Waals surface area contributed by atoms with Crippen molar-refractivity contribution in [1.29, 1.82) is 0 Å². The molecular weight excluding hydrogens is 162 g/mol. The van der Waals surface area contributed by atoms with Crippen LogP contribution in [0, 0.1) is 0 Å². The first kappa shape index (κ1) is 8.10. The predicted octanol–water partition coefficient (Wildman–Crippen LogP) is 2.15. The molecule has 66 valence electrons. The van der Waals surface area contributed by atoms with Crippen molar-refractivity contribution < 1.29 is 0 Å². The third-order valence-corrected chi connectivity index (χ3v) is 2.00. The maximum Gasteiger partial charge on any atom is 0.116 e. The highest BCUT2D eigenvalue weighted by Gasteiger charge is 2.01. The molecule has 0 aliphatic heterocycles. The van der Waals surface area contributed by atoms with Crippen molar-refractivity contribution in [2.45, 2.75) is 19.8 Å². The summed E-state index contributed by atoms with van der Waals surface area (Å²) in [5.41, 5.74) is 1.99. The summed E-state index contributed by atoms with van der Waals surface area (Å²) in [7, 11) is 0. The van der Waals surface area contributed by atoms with E-state index in [1.807, 2.05) is 12.3 Å². The molecule has 0 aliphatic rings. The molecule has 2 rings (SSSR count). The quantitative estimate of drug-likeness (QED) is 0.663. The molecule has 2 aromatic heterocycles. The van der Waals surface area contributed by atoms with Crippen LogP contribution in [0.15, 0.2) is 24.8 Å². The third kappa shape index (κ3) is 1.49. The van der Waals surface area contributed by atoms with Gasteiger partial charge in [0, 0.05) is 17.3 Å². The van der Waals surface area contributed by atoms with Gasteiger partial charge in [-0.15, -0.1) is 0 Å². The molecule has 0 atom stereocenters. The Hall–Kier alpha value is -1.51. The summed E-state index contributed by atoms with van der Waals surface area (Å²) in [5, 5.41) is 1.06. The monoisotopic (exact) mass is 173 g/mol. The zero-order valence-corrected chi connectivity index (χ0v) is 7.73. The molecular formula is C10H11N3. The Bertz CT molecular complexity index is 423. The second-order valence-electron chi connectivity index (χ2n) is 3.35. The molecule has 0 saturated carbocycles. The van der Waals surface area contributed by atoms with Crippen LogP contribution in [0.1, 0.15) is 25.5 Å². The van der Waals surface area contributed by atoms with Crippen LogP contribution in [0.3, 0.4) is 0 Å². The highest BCUT2D eigenvalue weighted by molar-refractivity contribution is 5.76. The van der Waals surface area contributed by atoms with Crippen LogP contribution >= 0.6 is 0 Å². The number of hydrogen-bond acceptors (Lipinski definition) is 3. The largest absolute Gasteiger partial charge is 0.259 e. The van der Waals surface area contributed by atoms with Gasteiger partial charge in [-0.1, -0.05) is 13.8 Å². The van der Waals surface area contributed by atoms with Gasteiger partial charge in [0.05, 0.1) is 11.7 Å². The molecule has 3 heteroatoms. The molecule has 0 radical (unpaired) electrons. The lowest BCUT2D eigenvalue weighted by Crippen LogP contribution is -1.92. The molecule has 0 bridgehead atoms. The third-order valence-electron chi connectivity index (χ3n) is 2.00. The van der Waals surface area contributed by atoms with Gasteiger partial charge in [0.1, 0.15) is 6.33 Å². The van der Waals surface area contributed by atoms with E-state index in [2.05, 4.69) is 28.8 Å². The van der Waals surface area contributed by atoms with E-state index in [9.17, 15) is 0 Å². The highest BCUT2D eigenvalue weighted by Crippen LogP contribution is 2.15. The maximum absolute atomic E-state index is 4.32. The van der Waals surface area contributed by atoms with Crippen molar-refractivity contribution in [3.05, 3.63) is 30.5 Å². The van der Waals surface area contributed by atoms with E-state index in [0.717, 1.165) is 16.6 Å². The number of pyridine rings is 1. The topological polar surface area (TPSA) is 38.7 Å². The number of nitrogens with zero attached hydrogens (tertiary/aromatic N) is 3. The molecule has 2 heterocycles. The number of aromatic nitrogens is 3. The molecule has 0 spiro atoms. The van der Waals surface area contributed by atoms with Crippen LogP contribution in [0.2, 0.25) is 0 Å². The van der Waals surface area contributed by atoms with E-state index >= 15 is 0 Å². The normalized spacial score (nSPS) is 11.0. The first-order valence-corrected chi connectivity index (χ1v) is 4.33. The summed E-state index contributed by atoms with van der Waals surface area (Å²) in [4.78, 5) is 12.4. The molecule has 13 heavy (non-hydrogen) atoms. The van der Waals surface area contributed by atoms with Gasteiger partial charge in [0.15, 0.2) is 0 Å². The molecule has 0 amide bonds. The van der Waals surface area contributed by atoms with Crippen molar-refractivity contribution in [1.82, 2.24) is 15.0 Å². The zero-order chi connectivity index (χ0) is 9.26. The van der Waals surface area contributed by atoms with Crippen LogP contribution < -0.4 is 0 Å². The van der Waals surface area contributed by atoms with E-state index in [1.165, 1.54) is 0 Å². The van der Waals surface area contributed by atoms with Crippen molar-refractivity contribution in [3.63, 3.8) is 0 Å². The van der Waals surface area contributed by atoms with Gasteiger partial charge >= 0.3 is 0 Å². The molecule has 0 N–H and O–H groups in total. The Morgan fingerprint density at radius 3 is 2.77 bits per heavy atom. The highest BCUT2D eigenvalue weighted by atomic mass is 14.8. The standard InChI is InChI=1S/C10H11N3/c1-7(2)9-3-8-4-11-6-13-10(8)5-12-9/h3-7H,1-2H3. The Kier molecular flexibility index (Phi) is 1.93. The molecule has 0 unspecified atom stereocenters. The van der Waals surface area contributed by atoms with Gasteiger partial charge in [-0.3, -0.25) is 4.98 Å². The smallest absolute Gasteiger partial charge is 0.116 e. The average Bonchev–Trinajstić information content (AvgIpc) is 2.17. The van der Waals surface area contributed by atoms with E-state index in [1.54, 1.807) is 12.5 Å². The van der Waals surface area contributed by atoms with Gasteiger partial charge in [-0.05, 0) is 12.0 Å². The van der Waals surface area contributed by atoms with Crippen LogP contribution in [0.25, 0.3) is 10.9 Å². The summed E-state index contributed by atoms with van der Waals surface area (Å²) >= 11 is 0. The lowest BCUT2D eigenvalue weighted by atomic mass is 10.1. The number of rotatable bonds is 1.